The molecule has 2 fully saturated rings. The molecule has 88 valence electrons. The highest BCUT2D eigenvalue weighted by molar-refractivity contribution is 6.16. The zero-order valence-electron chi connectivity index (χ0n) is 9.23. The van der Waals surface area contributed by atoms with Crippen LogP contribution in [0.2, 0.25) is 0 Å². The van der Waals surface area contributed by atoms with E-state index in [4.69, 9.17) is 16.3 Å². The highest BCUT2D eigenvalue weighted by Crippen LogP contribution is 2.39. The first-order valence-corrected chi connectivity index (χ1v) is 6.51. The van der Waals surface area contributed by atoms with Gasteiger partial charge in [0.2, 0.25) is 0 Å². The molecule has 0 radical (unpaired) electrons. The molecule has 1 aromatic rings. The van der Waals surface area contributed by atoms with Crippen LogP contribution in [0.15, 0.2) is 0 Å². The molecule has 1 aliphatic heterocycles. The summed E-state index contributed by atoms with van der Waals surface area (Å²) in [7, 11) is 0. The Morgan fingerprint density at radius 2 is 2.19 bits per heavy atom. The second-order valence-electron chi connectivity index (χ2n) is 4.62. The number of hydrogen-bond acceptors (Lipinski definition) is 3. The van der Waals surface area contributed by atoms with Crippen molar-refractivity contribution in [1.82, 2.24) is 14.8 Å². The van der Waals surface area contributed by atoms with Gasteiger partial charge >= 0.3 is 0 Å². The Bertz CT molecular complexity index is 369. The Balaban J connectivity index is 1.89. The molecule has 1 aliphatic carbocycles. The maximum Gasteiger partial charge on any atom is 0.148 e. The fourth-order valence-electron chi connectivity index (χ4n) is 2.38. The van der Waals surface area contributed by atoms with Crippen LogP contribution in [0, 0.1) is 0 Å². The molecule has 3 rings (SSSR count). The zero-order valence-corrected chi connectivity index (χ0v) is 9.99. The maximum absolute atomic E-state index is 5.90. The predicted octanol–water partition coefficient (Wildman–Crippen LogP) is 2.25. The topological polar surface area (TPSA) is 39.9 Å². The van der Waals surface area contributed by atoms with E-state index in [0.717, 1.165) is 37.7 Å². The summed E-state index contributed by atoms with van der Waals surface area (Å²) in [5, 5.41) is 8.52. The molecule has 0 bridgehead atoms. The quantitative estimate of drug-likeness (QED) is 0.762. The molecular formula is C11H16ClN3O. The standard InChI is InChI=1S/C11H16ClN3O/c12-6-10-13-14-11(15(10)9-3-4-9)8-2-1-5-16-7-8/h8-9H,1-7H2. The highest BCUT2D eigenvalue weighted by atomic mass is 35.5. The number of nitrogens with zero attached hydrogens (tertiary/aromatic N) is 3. The molecule has 1 unspecified atom stereocenters. The molecule has 0 amide bonds. The average Bonchev–Trinajstić information content (AvgIpc) is 3.09. The second-order valence-corrected chi connectivity index (χ2v) is 4.89. The van der Waals surface area contributed by atoms with E-state index in [1.165, 1.54) is 12.8 Å². The zero-order chi connectivity index (χ0) is 11.0. The molecule has 4 nitrogen and oxygen atoms in total. The summed E-state index contributed by atoms with van der Waals surface area (Å²) in [5.41, 5.74) is 0. The van der Waals surface area contributed by atoms with E-state index < -0.39 is 0 Å². The average molecular weight is 242 g/mol. The summed E-state index contributed by atoms with van der Waals surface area (Å²) < 4.78 is 7.78. The molecule has 1 atom stereocenters. The van der Waals surface area contributed by atoms with E-state index in [-0.39, 0.29) is 0 Å². The van der Waals surface area contributed by atoms with Crippen LogP contribution in [-0.2, 0) is 10.6 Å². The normalized spacial score (nSPS) is 25.9. The monoisotopic (exact) mass is 241 g/mol. The minimum Gasteiger partial charge on any atom is -0.381 e. The Labute approximate surface area is 99.9 Å². The van der Waals surface area contributed by atoms with E-state index in [2.05, 4.69) is 14.8 Å². The van der Waals surface area contributed by atoms with Crippen LogP contribution in [0.25, 0.3) is 0 Å². The van der Waals surface area contributed by atoms with Crippen LogP contribution in [0.3, 0.4) is 0 Å². The van der Waals surface area contributed by atoms with Crippen LogP contribution >= 0.6 is 11.6 Å². The lowest BCUT2D eigenvalue weighted by atomic mass is 10.0. The third-order valence-corrected chi connectivity index (χ3v) is 3.59. The molecule has 0 N–H and O–H groups in total. The summed E-state index contributed by atoms with van der Waals surface area (Å²) in [5.74, 6) is 2.89. The van der Waals surface area contributed by atoms with Crippen molar-refractivity contribution in [2.24, 2.45) is 0 Å². The number of alkyl halides is 1. The van der Waals surface area contributed by atoms with Crippen molar-refractivity contribution in [2.75, 3.05) is 13.2 Å². The fourth-order valence-corrected chi connectivity index (χ4v) is 2.56. The summed E-state index contributed by atoms with van der Waals surface area (Å²) in [6.07, 6.45) is 4.76. The third kappa shape index (κ3) is 1.84. The van der Waals surface area contributed by atoms with Gasteiger partial charge in [-0.1, -0.05) is 0 Å². The summed E-state index contributed by atoms with van der Waals surface area (Å²) >= 11 is 5.90. The van der Waals surface area contributed by atoms with Gasteiger partial charge in [0, 0.05) is 18.6 Å². The molecule has 0 spiro atoms. The minimum atomic E-state index is 0.416. The Kier molecular flexibility index (Phi) is 2.86. The van der Waals surface area contributed by atoms with Crippen LogP contribution in [-0.4, -0.2) is 28.0 Å². The molecule has 1 saturated heterocycles. The van der Waals surface area contributed by atoms with Crippen molar-refractivity contribution < 1.29 is 4.74 Å². The van der Waals surface area contributed by atoms with E-state index in [1.54, 1.807) is 0 Å². The van der Waals surface area contributed by atoms with Gasteiger partial charge < -0.3 is 9.30 Å². The number of aromatic nitrogens is 3. The lowest BCUT2D eigenvalue weighted by molar-refractivity contribution is 0.0768. The van der Waals surface area contributed by atoms with Crippen LogP contribution in [0.5, 0.6) is 0 Å². The molecule has 5 heteroatoms. The van der Waals surface area contributed by atoms with Crippen molar-refractivity contribution >= 4 is 11.6 Å². The van der Waals surface area contributed by atoms with Crippen LogP contribution in [0.1, 0.15) is 49.3 Å². The Morgan fingerprint density at radius 1 is 1.31 bits per heavy atom. The first-order valence-electron chi connectivity index (χ1n) is 5.97. The first-order chi connectivity index (χ1) is 7.90. The van der Waals surface area contributed by atoms with Crippen LogP contribution in [0.4, 0.5) is 0 Å². The Morgan fingerprint density at radius 3 is 2.81 bits per heavy atom. The van der Waals surface area contributed by atoms with Gasteiger partial charge in [0.15, 0.2) is 0 Å². The largest absolute Gasteiger partial charge is 0.381 e. The highest BCUT2D eigenvalue weighted by Gasteiger charge is 2.32. The van der Waals surface area contributed by atoms with Crippen molar-refractivity contribution in [2.45, 2.75) is 43.5 Å². The summed E-state index contributed by atoms with van der Waals surface area (Å²) in [6.45, 7) is 1.67. The van der Waals surface area contributed by atoms with Gasteiger partial charge in [-0.2, -0.15) is 0 Å². The molecule has 1 aromatic heterocycles. The maximum atomic E-state index is 5.90. The molecule has 1 saturated carbocycles. The lowest BCUT2D eigenvalue weighted by Crippen LogP contribution is -2.19. The number of halogens is 1. The number of hydrogen-bond donors (Lipinski definition) is 0. The smallest absolute Gasteiger partial charge is 0.148 e. The van der Waals surface area contributed by atoms with E-state index in [9.17, 15) is 0 Å². The van der Waals surface area contributed by atoms with E-state index in [1.807, 2.05) is 0 Å². The molecule has 2 aliphatic rings. The molecule has 2 heterocycles. The van der Waals surface area contributed by atoms with Gasteiger partial charge in [-0.25, -0.2) is 0 Å². The van der Waals surface area contributed by atoms with Gasteiger partial charge in [-0.3, -0.25) is 0 Å². The Hall–Kier alpha value is -0.610. The molecule has 16 heavy (non-hydrogen) atoms. The van der Waals surface area contributed by atoms with Crippen molar-refractivity contribution in [3.05, 3.63) is 11.6 Å². The van der Waals surface area contributed by atoms with Gasteiger partial charge in [-0.05, 0) is 25.7 Å². The second kappa shape index (κ2) is 4.34. The molecular weight excluding hydrogens is 226 g/mol. The lowest BCUT2D eigenvalue weighted by Gasteiger charge is -2.22. The number of rotatable bonds is 3. The summed E-state index contributed by atoms with van der Waals surface area (Å²) in [4.78, 5) is 0. The first kappa shape index (κ1) is 10.5. The fraction of sp³-hybridized carbons (Fsp3) is 0.818. The van der Waals surface area contributed by atoms with Gasteiger partial charge in [0.25, 0.3) is 0 Å². The SMILES string of the molecule is ClCc1nnc(C2CCCOC2)n1C1CC1. The van der Waals surface area contributed by atoms with Gasteiger partial charge in [0.05, 0.1) is 12.5 Å². The third-order valence-electron chi connectivity index (χ3n) is 3.35. The van der Waals surface area contributed by atoms with Crippen molar-refractivity contribution in [3.63, 3.8) is 0 Å². The number of ether oxygens (including phenoxy) is 1. The van der Waals surface area contributed by atoms with Gasteiger partial charge in [-0.15, -0.1) is 21.8 Å². The van der Waals surface area contributed by atoms with Crippen molar-refractivity contribution in [1.29, 1.82) is 0 Å². The van der Waals surface area contributed by atoms with Crippen LogP contribution < -0.4 is 0 Å². The minimum absolute atomic E-state index is 0.416. The van der Waals surface area contributed by atoms with Gasteiger partial charge in [0.1, 0.15) is 11.6 Å². The van der Waals surface area contributed by atoms with E-state index in [0.29, 0.717) is 17.8 Å². The predicted molar refractivity (Wildman–Crippen MR) is 60.6 cm³/mol. The van der Waals surface area contributed by atoms with Crippen molar-refractivity contribution in [3.8, 4) is 0 Å². The summed E-state index contributed by atoms with van der Waals surface area (Å²) in [6, 6.07) is 0.598. The molecule has 0 aromatic carbocycles. The van der Waals surface area contributed by atoms with E-state index >= 15 is 0 Å².